The second-order valence-corrected chi connectivity index (χ2v) is 4.30. The summed E-state index contributed by atoms with van der Waals surface area (Å²) in [5, 5.41) is 3.36. The predicted molar refractivity (Wildman–Crippen MR) is 74.0 cm³/mol. The summed E-state index contributed by atoms with van der Waals surface area (Å²) < 4.78 is 10.1. The maximum atomic E-state index is 5.05. The van der Waals surface area contributed by atoms with Crippen molar-refractivity contribution >= 4 is 5.95 Å². The van der Waals surface area contributed by atoms with Crippen LogP contribution < -0.4 is 19.7 Å². The van der Waals surface area contributed by atoms with Crippen molar-refractivity contribution in [3.8, 4) is 12.0 Å². The van der Waals surface area contributed by atoms with Crippen LogP contribution in [0.25, 0.3) is 0 Å². The largest absolute Gasteiger partial charge is 0.467 e. The van der Waals surface area contributed by atoms with Crippen molar-refractivity contribution in [3.05, 3.63) is 0 Å². The van der Waals surface area contributed by atoms with Gasteiger partial charge in [-0.1, -0.05) is 13.8 Å². The van der Waals surface area contributed by atoms with Crippen molar-refractivity contribution in [2.75, 3.05) is 38.8 Å². The van der Waals surface area contributed by atoms with E-state index in [0.717, 1.165) is 19.6 Å². The number of ether oxygens (including phenoxy) is 2. The number of anilines is 1. The first kappa shape index (κ1) is 15.4. The lowest BCUT2D eigenvalue weighted by Gasteiger charge is -2.21. The summed E-state index contributed by atoms with van der Waals surface area (Å²) in [6, 6.07) is 0.982. The summed E-state index contributed by atoms with van der Waals surface area (Å²) in [6.45, 7) is 8.76. The molecular formula is C12H23N5O2. The molecule has 108 valence electrons. The van der Waals surface area contributed by atoms with Gasteiger partial charge in [0, 0.05) is 25.7 Å². The van der Waals surface area contributed by atoms with E-state index in [4.69, 9.17) is 9.47 Å². The molecule has 0 bridgehead atoms. The van der Waals surface area contributed by atoms with E-state index in [2.05, 4.69) is 41.0 Å². The summed E-state index contributed by atoms with van der Waals surface area (Å²) in [6.07, 6.45) is 0. The minimum Gasteiger partial charge on any atom is -0.467 e. The second-order valence-electron chi connectivity index (χ2n) is 4.30. The molecule has 7 heteroatoms. The average molecular weight is 269 g/mol. The van der Waals surface area contributed by atoms with E-state index in [9.17, 15) is 0 Å². The Morgan fingerprint density at radius 2 is 1.68 bits per heavy atom. The summed E-state index contributed by atoms with van der Waals surface area (Å²) in [5.41, 5.74) is 0. The number of aromatic nitrogens is 3. The first-order valence-corrected chi connectivity index (χ1v) is 6.43. The molecule has 0 radical (unpaired) electrons. The third-order valence-electron chi connectivity index (χ3n) is 2.55. The Hall–Kier alpha value is -1.63. The molecule has 0 atom stereocenters. The van der Waals surface area contributed by atoms with Crippen LogP contribution in [0.2, 0.25) is 0 Å². The van der Waals surface area contributed by atoms with Gasteiger partial charge in [0.15, 0.2) is 0 Å². The topological polar surface area (TPSA) is 72.4 Å². The maximum Gasteiger partial charge on any atom is 0.324 e. The highest BCUT2D eigenvalue weighted by Gasteiger charge is 2.12. The molecule has 0 fully saturated rings. The van der Waals surface area contributed by atoms with Gasteiger partial charge in [0.05, 0.1) is 14.2 Å². The van der Waals surface area contributed by atoms with Gasteiger partial charge in [-0.2, -0.15) is 9.97 Å². The molecule has 0 spiro atoms. The first-order valence-electron chi connectivity index (χ1n) is 6.43. The number of nitrogens with zero attached hydrogens (tertiary/aromatic N) is 4. The van der Waals surface area contributed by atoms with E-state index in [1.165, 1.54) is 14.2 Å². The molecule has 0 unspecified atom stereocenters. The van der Waals surface area contributed by atoms with Gasteiger partial charge in [-0.05, 0) is 6.92 Å². The lowest BCUT2D eigenvalue weighted by molar-refractivity contribution is 0.340. The summed E-state index contributed by atoms with van der Waals surface area (Å²) in [5.74, 6) is 0.566. The van der Waals surface area contributed by atoms with E-state index in [1.807, 2.05) is 4.90 Å². The standard InChI is InChI=1S/C12H23N5O2/c1-6-17(8-7-13-9(2)3)10-14-11(18-4)16-12(15-10)19-5/h9,13H,6-8H2,1-5H3. The Labute approximate surface area is 114 Å². The quantitative estimate of drug-likeness (QED) is 0.745. The highest BCUT2D eigenvalue weighted by atomic mass is 16.5. The van der Waals surface area contributed by atoms with Gasteiger partial charge in [0.25, 0.3) is 0 Å². The van der Waals surface area contributed by atoms with Crippen molar-refractivity contribution in [1.82, 2.24) is 20.3 Å². The van der Waals surface area contributed by atoms with Gasteiger partial charge in [-0.25, -0.2) is 0 Å². The lowest BCUT2D eigenvalue weighted by Crippen LogP contribution is -2.35. The van der Waals surface area contributed by atoms with E-state index >= 15 is 0 Å². The zero-order valence-electron chi connectivity index (χ0n) is 12.3. The number of nitrogens with one attached hydrogen (secondary N) is 1. The molecule has 0 amide bonds. The smallest absolute Gasteiger partial charge is 0.324 e. The van der Waals surface area contributed by atoms with Crippen molar-refractivity contribution in [1.29, 1.82) is 0 Å². The zero-order valence-corrected chi connectivity index (χ0v) is 12.3. The highest BCUT2D eigenvalue weighted by Crippen LogP contribution is 2.15. The molecular weight excluding hydrogens is 246 g/mol. The Balaban J connectivity index is 2.78. The summed E-state index contributed by atoms with van der Waals surface area (Å²) in [7, 11) is 3.05. The van der Waals surface area contributed by atoms with Crippen LogP contribution in [-0.4, -0.2) is 54.8 Å². The second kappa shape index (κ2) is 7.73. The zero-order chi connectivity index (χ0) is 14.3. The monoisotopic (exact) mass is 269 g/mol. The van der Waals surface area contributed by atoms with Crippen LogP contribution in [0.5, 0.6) is 12.0 Å². The van der Waals surface area contributed by atoms with Crippen LogP contribution in [0.4, 0.5) is 5.95 Å². The first-order chi connectivity index (χ1) is 9.10. The van der Waals surface area contributed by atoms with Gasteiger partial charge in [-0.3, -0.25) is 0 Å². The summed E-state index contributed by atoms with van der Waals surface area (Å²) in [4.78, 5) is 14.5. The van der Waals surface area contributed by atoms with Gasteiger partial charge >= 0.3 is 12.0 Å². The molecule has 1 rings (SSSR count). The van der Waals surface area contributed by atoms with E-state index < -0.39 is 0 Å². The summed E-state index contributed by atoms with van der Waals surface area (Å²) >= 11 is 0. The van der Waals surface area contributed by atoms with Crippen LogP contribution in [0.15, 0.2) is 0 Å². The fourth-order valence-electron chi connectivity index (χ4n) is 1.54. The number of hydrogen-bond donors (Lipinski definition) is 1. The number of methoxy groups -OCH3 is 2. The van der Waals surface area contributed by atoms with Crippen LogP contribution in [0.1, 0.15) is 20.8 Å². The molecule has 0 aliphatic rings. The Morgan fingerprint density at radius 1 is 1.11 bits per heavy atom. The fourth-order valence-corrected chi connectivity index (χ4v) is 1.54. The predicted octanol–water partition coefficient (Wildman–Crippen LogP) is 0.713. The maximum absolute atomic E-state index is 5.05. The molecule has 1 N–H and O–H groups in total. The normalized spacial score (nSPS) is 10.6. The van der Waals surface area contributed by atoms with Gasteiger partial charge in [0.2, 0.25) is 5.95 Å². The molecule has 1 aromatic rings. The molecule has 0 aliphatic carbocycles. The molecule has 1 heterocycles. The number of rotatable bonds is 8. The van der Waals surface area contributed by atoms with Crippen LogP contribution >= 0.6 is 0 Å². The molecule has 0 aromatic carbocycles. The van der Waals surface area contributed by atoms with Crippen molar-refractivity contribution < 1.29 is 9.47 Å². The van der Waals surface area contributed by atoms with Crippen LogP contribution in [-0.2, 0) is 0 Å². The molecule has 19 heavy (non-hydrogen) atoms. The van der Waals surface area contributed by atoms with Gasteiger partial charge < -0.3 is 19.7 Å². The molecule has 0 saturated carbocycles. The number of likely N-dealkylation sites (N-methyl/N-ethyl adjacent to an activating group) is 1. The Kier molecular flexibility index (Phi) is 6.27. The molecule has 1 aromatic heterocycles. The Bertz CT molecular complexity index is 364. The van der Waals surface area contributed by atoms with Crippen molar-refractivity contribution in [3.63, 3.8) is 0 Å². The van der Waals surface area contributed by atoms with E-state index in [0.29, 0.717) is 12.0 Å². The van der Waals surface area contributed by atoms with E-state index in [-0.39, 0.29) is 12.0 Å². The van der Waals surface area contributed by atoms with E-state index in [1.54, 1.807) is 0 Å². The van der Waals surface area contributed by atoms with Gasteiger partial charge in [-0.15, -0.1) is 4.98 Å². The van der Waals surface area contributed by atoms with Crippen molar-refractivity contribution in [2.24, 2.45) is 0 Å². The molecule has 0 aliphatic heterocycles. The highest BCUT2D eigenvalue weighted by molar-refractivity contribution is 5.31. The average Bonchev–Trinajstić information content (AvgIpc) is 2.42. The fraction of sp³-hybridized carbons (Fsp3) is 0.750. The number of hydrogen-bond acceptors (Lipinski definition) is 7. The third kappa shape index (κ3) is 4.86. The third-order valence-corrected chi connectivity index (χ3v) is 2.55. The Morgan fingerprint density at radius 3 is 2.11 bits per heavy atom. The molecule has 0 saturated heterocycles. The molecule has 7 nitrogen and oxygen atoms in total. The minimum absolute atomic E-state index is 0.261. The lowest BCUT2D eigenvalue weighted by atomic mass is 10.4. The SMILES string of the molecule is CCN(CCNC(C)C)c1nc(OC)nc(OC)n1. The van der Waals surface area contributed by atoms with Crippen LogP contribution in [0.3, 0.4) is 0 Å². The van der Waals surface area contributed by atoms with Crippen molar-refractivity contribution in [2.45, 2.75) is 26.8 Å². The van der Waals surface area contributed by atoms with Crippen LogP contribution in [0, 0.1) is 0 Å². The van der Waals surface area contributed by atoms with Gasteiger partial charge in [0.1, 0.15) is 0 Å². The minimum atomic E-state index is 0.261.